The lowest BCUT2D eigenvalue weighted by molar-refractivity contribution is 0.102. The van der Waals surface area contributed by atoms with Gasteiger partial charge in [-0.1, -0.05) is 30.3 Å². The summed E-state index contributed by atoms with van der Waals surface area (Å²) in [5.41, 5.74) is 4.23. The van der Waals surface area contributed by atoms with Crippen molar-refractivity contribution < 1.29 is 14.3 Å². The molecule has 0 radical (unpaired) electrons. The molecule has 7 nitrogen and oxygen atoms in total. The number of carbonyl (C=O) groups excluding carboxylic acids is 1. The van der Waals surface area contributed by atoms with Gasteiger partial charge in [-0.3, -0.25) is 9.48 Å². The number of hydrogen-bond acceptors (Lipinski definition) is 5. The second-order valence-electron chi connectivity index (χ2n) is 6.85. The Balaban J connectivity index is 1.60. The number of rotatable bonds is 3. The van der Waals surface area contributed by atoms with Crippen molar-refractivity contribution in [3.05, 3.63) is 65.9 Å². The highest BCUT2D eigenvalue weighted by atomic mass is 16.7. The highest BCUT2D eigenvalue weighted by Crippen LogP contribution is 2.34. The number of aromatic nitrogens is 3. The van der Waals surface area contributed by atoms with Crippen LogP contribution in [0.1, 0.15) is 16.1 Å². The summed E-state index contributed by atoms with van der Waals surface area (Å²) in [6, 6.07) is 16.9. The van der Waals surface area contributed by atoms with E-state index in [2.05, 4.69) is 10.4 Å². The summed E-state index contributed by atoms with van der Waals surface area (Å²) in [6.07, 6.45) is 0. The molecule has 5 rings (SSSR count). The van der Waals surface area contributed by atoms with Gasteiger partial charge in [0.2, 0.25) is 6.79 Å². The molecule has 0 aliphatic carbocycles. The molecule has 0 atom stereocenters. The van der Waals surface area contributed by atoms with Crippen molar-refractivity contribution >= 4 is 22.6 Å². The molecular formula is C22H18N4O3. The van der Waals surface area contributed by atoms with Gasteiger partial charge >= 0.3 is 0 Å². The molecule has 4 aromatic rings. The van der Waals surface area contributed by atoms with Crippen LogP contribution in [0.2, 0.25) is 0 Å². The average Bonchev–Trinajstić information content (AvgIpc) is 3.32. The first-order chi connectivity index (χ1) is 14.1. The molecule has 7 heteroatoms. The van der Waals surface area contributed by atoms with Crippen molar-refractivity contribution in [2.45, 2.75) is 6.92 Å². The number of pyridine rings is 1. The molecule has 0 bridgehead atoms. The molecular weight excluding hydrogens is 368 g/mol. The van der Waals surface area contributed by atoms with Crippen LogP contribution in [0.15, 0.2) is 54.6 Å². The van der Waals surface area contributed by atoms with Crippen LogP contribution in [0.3, 0.4) is 0 Å². The van der Waals surface area contributed by atoms with Gasteiger partial charge in [0, 0.05) is 24.4 Å². The summed E-state index contributed by atoms with van der Waals surface area (Å²) in [4.78, 5) is 18.0. The molecule has 1 N–H and O–H groups in total. The van der Waals surface area contributed by atoms with E-state index < -0.39 is 0 Å². The summed E-state index contributed by atoms with van der Waals surface area (Å²) in [7, 11) is 1.83. The van der Waals surface area contributed by atoms with Crippen LogP contribution in [-0.4, -0.2) is 27.5 Å². The Kier molecular flexibility index (Phi) is 3.94. The fourth-order valence-corrected chi connectivity index (χ4v) is 3.55. The third-order valence-electron chi connectivity index (χ3n) is 4.91. The standard InChI is InChI=1S/C22H18N4O3/c1-13-20-16(22(27)23-15-8-9-18-19(10-15)29-12-28-18)11-17(14-6-4-3-5-7-14)24-21(20)26(2)25-13/h3-11H,12H2,1-2H3,(H,23,27). The Hall–Kier alpha value is -3.87. The Labute approximate surface area is 166 Å². The number of amides is 1. The van der Waals surface area contributed by atoms with E-state index in [0.29, 0.717) is 28.4 Å². The summed E-state index contributed by atoms with van der Waals surface area (Å²) < 4.78 is 12.4. The number of aryl methyl sites for hydroxylation is 2. The molecule has 0 spiro atoms. The van der Waals surface area contributed by atoms with Gasteiger partial charge in [-0.25, -0.2) is 4.98 Å². The van der Waals surface area contributed by atoms with Gasteiger partial charge < -0.3 is 14.8 Å². The lowest BCUT2D eigenvalue weighted by atomic mass is 10.0. The zero-order valence-electron chi connectivity index (χ0n) is 16.0. The maximum atomic E-state index is 13.2. The summed E-state index contributed by atoms with van der Waals surface area (Å²) in [5, 5.41) is 8.16. The number of anilines is 1. The smallest absolute Gasteiger partial charge is 0.256 e. The number of nitrogens with one attached hydrogen (secondary N) is 1. The second-order valence-corrected chi connectivity index (χ2v) is 6.85. The normalized spacial score (nSPS) is 12.3. The van der Waals surface area contributed by atoms with Gasteiger partial charge in [0.15, 0.2) is 17.1 Å². The number of fused-ring (bicyclic) bond motifs is 2. The fourth-order valence-electron chi connectivity index (χ4n) is 3.55. The molecule has 144 valence electrons. The van der Waals surface area contributed by atoms with Crippen molar-refractivity contribution in [1.29, 1.82) is 0 Å². The van der Waals surface area contributed by atoms with Crippen LogP contribution < -0.4 is 14.8 Å². The van der Waals surface area contributed by atoms with Crippen molar-refractivity contribution in [2.24, 2.45) is 7.05 Å². The van der Waals surface area contributed by atoms with E-state index in [0.717, 1.165) is 22.3 Å². The third-order valence-corrected chi connectivity index (χ3v) is 4.91. The molecule has 2 aromatic heterocycles. The van der Waals surface area contributed by atoms with Gasteiger partial charge in [0.05, 0.1) is 22.3 Å². The second kappa shape index (κ2) is 6.63. The zero-order valence-corrected chi connectivity index (χ0v) is 16.0. The van der Waals surface area contributed by atoms with Crippen molar-refractivity contribution in [2.75, 3.05) is 12.1 Å². The van der Waals surface area contributed by atoms with Gasteiger partial charge in [-0.05, 0) is 25.1 Å². The molecule has 1 amide bonds. The van der Waals surface area contributed by atoms with Crippen LogP contribution in [0.4, 0.5) is 5.69 Å². The number of hydrogen-bond donors (Lipinski definition) is 1. The summed E-state index contributed by atoms with van der Waals surface area (Å²) >= 11 is 0. The van der Waals surface area contributed by atoms with Crippen molar-refractivity contribution in [3.63, 3.8) is 0 Å². The van der Waals surface area contributed by atoms with E-state index in [-0.39, 0.29) is 12.7 Å². The molecule has 0 unspecified atom stereocenters. The highest BCUT2D eigenvalue weighted by Gasteiger charge is 2.20. The summed E-state index contributed by atoms with van der Waals surface area (Å²) in [6.45, 7) is 2.07. The lowest BCUT2D eigenvalue weighted by Gasteiger charge is -2.10. The Morgan fingerprint density at radius 2 is 1.86 bits per heavy atom. The topological polar surface area (TPSA) is 78.3 Å². The van der Waals surface area contributed by atoms with Gasteiger partial charge in [-0.2, -0.15) is 5.10 Å². The van der Waals surface area contributed by atoms with Gasteiger partial charge in [-0.15, -0.1) is 0 Å². The molecule has 29 heavy (non-hydrogen) atoms. The van der Waals surface area contributed by atoms with Crippen molar-refractivity contribution in [3.8, 4) is 22.8 Å². The van der Waals surface area contributed by atoms with E-state index in [1.54, 1.807) is 22.9 Å². The molecule has 0 fully saturated rings. The number of benzene rings is 2. The number of nitrogens with zero attached hydrogens (tertiary/aromatic N) is 3. The summed E-state index contributed by atoms with van der Waals surface area (Å²) in [5.74, 6) is 1.05. The molecule has 1 aliphatic rings. The molecule has 1 aliphatic heterocycles. The first-order valence-corrected chi connectivity index (χ1v) is 9.21. The third kappa shape index (κ3) is 2.97. The van der Waals surface area contributed by atoms with Crippen LogP contribution in [0.5, 0.6) is 11.5 Å². The predicted molar refractivity (Wildman–Crippen MR) is 109 cm³/mol. The average molecular weight is 386 g/mol. The highest BCUT2D eigenvalue weighted by molar-refractivity contribution is 6.13. The lowest BCUT2D eigenvalue weighted by Crippen LogP contribution is -2.13. The quantitative estimate of drug-likeness (QED) is 0.577. The zero-order chi connectivity index (χ0) is 20.0. The Morgan fingerprint density at radius 1 is 1.07 bits per heavy atom. The van der Waals surface area contributed by atoms with Crippen LogP contribution in [0, 0.1) is 6.92 Å². The predicted octanol–water partition coefficient (Wildman–Crippen LogP) is 3.92. The van der Waals surface area contributed by atoms with E-state index >= 15 is 0 Å². The van der Waals surface area contributed by atoms with Crippen molar-refractivity contribution in [1.82, 2.24) is 14.8 Å². The van der Waals surface area contributed by atoms with Crippen LogP contribution in [-0.2, 0) is 7.05 Å². The number of carbonyl (C=O) groups is 1. The number of ether oxygens (including phenoxy) is 2. The minimum absolute atomic E-state index is 0.188. The fraction of sp³-hybridized carbons (Fsp3) is 0.136. The van der Waals surface area contributed by atoms with E-state index in [1.165, 1.54) is 0 Å². The minimum atomic E-state index is -0.232. The van der Waals surface area contributed by atoms with Crippen LogP contribution in [0.25, 0.3) is 22.3 Å². The molecule has 2 aromatic carbocycles. The molecule has 0 saturated heterocycles. The van der Waals surface area contributed by atoms with E-state index in [9.17, 15) is 4.79 Å². The first-order valence-electron chi connectivity index (χ1n) is 9.21. The SMILES string of the molecule is Cc1nn(C)c2nc(-c3ccccc3)cc(C(=O)Nc3ccc4c(c3)OCO4)c12. The maximum Gasteiger partial charge on any atom is 0.256 e. The maximum absolute atomic E-state index is 13.2. The monoisotopic (exact) mass is 386 g/mol. The Bertz CT molecular complexity index is 1250. The van der Waals surface area contributed by atoms with Gasteiger partial charge in [0.1, 0.15) is 0 Å². The van der Waals surface area contributed by atoms with E-state index in [4.69, 9.17) is 14.5 Å². The van der Waals surface area contributed by atoms with Crippen LogP contribution >= 0.6 is 0 Å². The molecule has 0 saturated carbocycles. The van der Waals surface area contributed by atoms with Gasteiger partial charge in [0.25, 0.3) is 5.91 Å². The minimum Gasteiger partial charge on any atom is -0.454 e. The van der Waals surface area contributed by atoms with E-state index in [1.807, 2.05) is 50.4 Å². The Morgan fingerprint density at radius 3 is 2.69 bits per heavy atom. The largest absolute Gasteiger partial charge is 0.454 e. The first kappa shape index (κ1) is 17.2. The molecule has 3 heterocycles.